The highest BCUT2D eigenvalue weighted by Gasteiger charge is 2.27. The predicted molar refractivity (Wildman–Crippen MR) is 123 cm³/mol. The number of benzene rings is 1. The first-order chi connectivity index (χ1) is 16.0. The molecule has 9 nitrogen and oxygen atoms in total. The third-order valence-electron chi connectivity index (χ3n) is 5.42. The van der Waals surface area contributed by atoms with Gasteiger partial charge < -0.3 is 14.8 Å². The Balaban J connectivity index is 1.77. The lowest BCUT2D eigenvalue weighted by Gasteiger charge is -2.26. The van der Waals surface area contributed by atoms with Crippen molar-refractivity contribution in [2.75, 3.05) is 46.6 Å². The van der Waals surface area contributed by atoms with Crippen LogP contribution < -0.4 is 5.32 Å². The van der Waals surface area contributed by atoms with Crippen LogP contribution >= 0.6 is 0 Å². The van der Waals surface area contributed by atoms with Crippen molar-refractivity contribution >= 4 is 26.8 Å². The van der Waals surface area contributed by atoms with Gasteiger partial charge in [0.15, 0.2) is 0 Å². The Labute approximate surface area is 192 Å². The number of hydrogen-bond donors (Lipinski definition) is 1. The number of fused-ring (bicyclic) bond motifs is 1. The van der Waals surface area contributed by atoms with Crippen LogP contribution in [0.2, 0.25) is 0 Å². The summed E-state index contributed by atoms with van der Waals surface area (Å²) in [4.78, 5) is 21.9. The van der Waals surface area contributed by atoms with E-state index in [4.69, 9.17) is 9.47 Å². The summed E-state index contributed by atoms with van der Waals surface area (Å²) in [5.74, 6) is -0.297. The van der Waals surface area contributed by atoms with Crippen molar-refractivity contribution in [3.8, 4) is 11.3 Å². The monoisotopic (exact) mass is 470 g/mol. The summed E-state index contributed by atoms with van der Waals surface area (Å²) >= 11 is 0. The van der Waals surface area contributed by atoms with E-state index < -0.39 is 10.0 Å². The van der Waals surface area contributed by atoms with Crippen LogP contribution in [0.3, 0.4) is 0 Å². The molecule has 0 bridgehead atoms. The first kappa shape index (κ1) is 23.2. The summed E-state index contributed by atoms with van der Waals surface area (Å²) in [7, 11) is -2.11. The largest absolute Gasteiger partial charge is 0.385 e. The van der Waals surface area contributed by atoms with E-state index in [9.17, 15) is 13.2 Å². The minimum Gasteiger partial charge on any atom is -0.385 e. The van der Waals surface area contributed by atoms with Crippen LogP contribution in [0.25, 0.3) is 22.2 Å². The molecule has 0 unspecified atom stereocenters. The van der Waals surface area contributed by atoms with E-state index in [0.717, 1.165) is 5.56 Å². The number of sulfonamides is 1. The molecule has 1 N–H and O–H groups in total. The number of pyridine rings is 2. The van der Waals surface area contributed by atoms with Crippen molar-refractivity contribution in [3.63, 3.8) is 0 Å². The molecular formula is C23H26N4O5S. The zero-order chi connectivity index (χ0) is 23.3. The van der Waals surface area contributed by atoms with Crippen molar-refractivity contribution < 1.29 is 22.7 Å². The molecule has 1 aliphatic rings. The van der Waals surface area contributed by atoms with Crippen LogP contribution in [0.15, 0.2) is 53.7 Å². The maximum Gasteiger partial charge on any atom is 0.252 e. The van der Waals surface area contributed by atoms with Gasteiger partial charge in [-0.1, -0.05) is 0 Å². The highest BCUT2D eigenvalue weighted by Crippen LogP contribution is 2.28. The van der Waals surface area contributed by atoms with Gasteiger partial charge in [-0.15, -0.1) is 0 Å². The fourth-order valence-electron chi connectivity index (χ4n) is 3.67. The Morgan fingerprint density at radius 1 is 1.15 bits per heavy atom. The van der Waals surface area contributed by atoms with E-state index in [-0.39, 0.29) is 10.8 Å². The minimum absolute atomic E-state index is 0.129. The molecule has 1 aromatic carbocycles. The smallest absolute Gasteiger partial charge is 0.252 e. The van der Waals surface area contributed by atoms with Gasteiger partial charge in [0, 0.05) is 56.7 Å². The molecule has 2 aromatic heterocycles. The molecule has 10 heteroatoms. The molecule has 33 heavy (non-hydrogen) atoms. The molecule has 3 heterocycles. The maximum absolute atomic E-state index is 13.2. The lowest BCUT2D eigenvalue weighted by molar-refractivity contribution is 0.0730. The van der Waals surface area contributed by atoms with Crippen LogP contribution in [0.4, 0.5) is 0 Å². The normalized spacial score (nSPS) is 14.9. The van der Waals surface area contributed by atoms with E-state index in [2.05, 4.69) is 15.3 Å². The Morgan fingerprint density at radius 3 is 2.64 bits per heavy atom. The topological polar surface area (TPSA) is 111 Å². The number of carbonyl (C=O) groups is 1. The number of rotatable bonds is 8. The molecule has 3 aromatic rings. The zero-order valence-electron chi connectivity index (χ0n) is 18.4. The molecule has 0 spiro atoms. The quantitative estimate of drug-likeness (QED) is 0.502. The second-order valence-corrected chi connectivity index (χ2v) is 9.53. The second-order valence-electron chi connectivity index (χ2n) is 7.59. The van der Waals surface area contributed by atoms with E-state index in [1.54, 1.807) is 31.6 Å². The number of carbonyl (C=O) groups excluding carboxylic acids is 1. The van der Waals surface area contributed by atoms with Crippen LogP contribution in [-0.4, -0.2) is 75.2 Å². The van der Waals surface area contributed by atoms with Crippen molar-refractivity contribution in [2.24, 2.45) is 0 Å². The third-order valence-corrected chi connectivity index (χ3v) is 7.31. The van der Waals surface area contributed by atoms with Crippen LogP contribution in [0, 0.1) is 0 Å². The minimum atomic E-state index is -3.71. The first-order valence-electron chi connectivity index (χ1n) is 10.7. The van der Waals surface area contributed by atoms with Crippen molar-refractivity contribution in [1.29, 1.82) is 0 Å². The van der Waals surface area contributed by atoms with Gasteiger partial charge in [0.05, 0.1) is 34.9 Å². The predicted octanol–water partition coefficient (Wildman–Crippen LogP) is 2.08. The summed E-state index contributed by atoms with van der Waals surface area (Å²) in [5.41, 5.74) is 2.32. The number of morpholine rings is 1. The molecule has 1 fully saturated rings. The number of nitrogens with zero attached hydrogens (tertiary/aromatic N) is 3. The van der Waals surface area contributed by atoms with Crippen molar-refractivity contribution in [1.82, 2.24) is 19.6 Å². The summed E-state index contributed by atoms with van der Waals surface area (Å²) in [6.07, 6.45) is 3.98. The van der Waals surface area contributed by atoms with Gasteiger partial charge in [0.25, 0.3) is 5.91 Å². The highest BCUT2D eigenvalue weighted by molar-refractivity contribution is 7.89. The molecule has 1 amide bonds. The Hall–Kier alpha value is -2.92. The first-order valence-corrected chi connectivity index (χ1v) is 12.1. The molecule has 174 valence electrons. The summed E-state index contributed by atoms with van der Waals surface area (Å²) in [5, 5.41) is 3.37. The number of nitrogens with one attached hydrogen (secondary N) is 1. The SMILES string of the molecule is COCCCNC(=O)c1cc(-c2ccncc2)nc2ccc(S(=O)(=O)N3CCOCC3)cc12. The summed E-state index contributed by atoms with van der Waals surface area (Å²) in [6, 6.07) is 10.0. The Bertz CT molecular complexity index is 1230. The highest BCUT2D eigenvalue weighted by atomic mass is 32.2. The average Bonchev–Trinajstić information content (AvgIpc) is 2.86. The van der Waals surface area contributed by atoms with Gasteiger partial charge in [-0.25, -0.2) is 13.4 Å². The van der Waals surface area contributed by atoms with Crippen LogP contribution in [0.5, 0.6) is 0 Å². The van der Waals surface area contributed by atoms with Gasteiger partial charge in [-0.3, -0.25) is 9.78 Å². The van der Waals surface area contributed by atoms with Gasteiger partial charge in [-0.2, -0.15) is 4.31 Å². The number of aromatic nitrogens is 2. The molecule has 4 rings (SSSR count). The van der Waals surface area contributed by atoms with Crippen LogP contribution in [0.1, 0.15) is 16.8 Å². The van der Waals surface area contributed by atoms with Gasteiger partial charge in [-0.05, 0) is 42.8 Å². The van der Waals surface area contributed by atoms with Gasteiger partial charge in [0.2, 0.25) is 10.0 Å². The van der Waals surface area contributed by atoms with E-state index in [1.165, 1.54) is 16.4 Å². The fourth-order valence-corrected chi connectivity index (χ4v) is 5.11. The molecular weight excluding hydrogens is 444 g/mol. The van der Waals surface area contributed by atoms with Crippen LogP contribution in [-0.2, 0) is 19.5 Å². The average molecular weight is 471 g/mol. The zero-order valence-corrected chi connectivity index (χ0v) is 19.2. The van der Waals surface area contributed by atoms with Crippen molar-refractivity contribution in [3.05, 3.63) is 54.4 Å². The number of ether oxygens (including phenoxy) is 2. The molecule has 0 radical (unpaired) electrons. The van der Waals surface area contributed by atoms with E-state index >= 15 is 0 Å². The fraction of sp³-hybridized carbons (Fsp3) is 0.348. The molecule has 1 saturated heterocycles. The molecule has 1 aliphatic heterocycles. The Morgan fingerprint density at radius 2 is 1.91 bits per heavy atom. The van der Waals surface area contributed by atoms with Crippen molar-refractivity contribution in [2.45, 2.75) is 11.3 Å². The van der Waals surface area contributed by atoms with E-state index in [1.807, 2.05) is 12.1 Å². The summed E-state index contributed by atoms with van der Waals surface area (Å²) < 4.78 is 38.1. The lowest BCUT2D eigenvalue weighted by atomic mass is 10.0. The standard InChI is InChI=1S/C23H26N4O5S/c1-31-12-2-7-25-23(28)20-16-22(17-5-8-24-9-6-17)26-21-4-3-18(15-19(20)21)33(29,30)27-10-13-32-14-11-27/h3-6,8-9,15-16H,2,7,10-14H2,1H3,(H,25,28). The number of methoxy groups -OCH3 is 1. The molecule has 0 aliphatic carbocycles. The van der Waals surface area contributed by atoms with Gasteiger partial charge >= 0.3 is 0 Å². The van der Waals surface area contributed by atoms with Gasteiger partial charge in [0.1, 0.15) is 0 Å². The number of hydrogen-bond acceptors (Lipinski definition) is 7. The maximum atomic E-state index is 13.2. The summed E-state index contributed by atoms with van der Waals surface area (Å²) in [6.45, 7) is 2.28. The number of amides is 1. The van der Waals surface area contributed by atoms with E-state index in [0.29, 0.717) is 68.0 Å². The molecule has 0 atom stereocenters. The molecule has 0 saturated carbocycles. The third kappa shape index (κ3) is 5.19. The lowest BCUT2D eigenvalue weighted by Crippen LogP contribution is -2.40. The second kappa shape index (κ2) is 10.3. The Kier molecular flexibility index (Phi) is 7.29.